The van der Waals surface area contributed by atoms with Gasteiger partial charge in [0.25, 0.3) is 0 Å². The fourth-order valence-electron chi connectivity index (χ4n) is 3.32. The number of esters is 1. The number of aromatic nitrogens is 1. The highest BCUT2D eigenvalue weighted by atomic mass is 16.5. The number of aliphatic hydroxyl groups excluding tert-OH is 1. The number of fused-ring (bicyclic) bond motifs is 1. The Hall–Kier alpha value is -3.32. The molecule has 0 unspecified atom stereocenters. The van der Waals surface area contributed by atoms with Gasteiger partial charge < -0.3 is 24.8 Å². The Labute approximate surface area is 168 Å². The topological polar surface area (TPSA) is 101 Å². The van der Waals surface area contributed by atoms with E-state index in [1.54, 1.807) is 23.6 Å². The number of unbranched alkanes of at least 4 members (excludes halogenated alkanes) is 1. The predicted molar refractivity (Wildman–Crippen MR) is 111 cm³/mol. The first-order valence-electron chi connectivity index (χ1n) is 9.57. The largest absolute Gasteiger partial charge is 0.478 e. The zero-order valence-corrected chi connectivity index (χ0v) is 16.2. The second kappa shape index (κ2) is 9.25. The van der Waals surface area contributed by atoms with Gasteiger partial charge in [0.2, 0.25) is 0 Å². The molecule has 0 aliphatic rings. The van der Waals surface area contributed by atoms with E-state index in [-0.39, 0.29) is 24.3 Å². The third-order valence-electron chi connectivity index (χ3n) is 4.62. The third kappa shape index (κ3) is 4.25. The first-order valence-corrected chi connectivity index (χ1v) is 9.57. The third-order valence-corrected chi connectivity index (χ3v) is 4.62. The highest BCUT2D eigenvalue weighted by molar-refractivity contribution is 6.16. The summed E-state index contributed by atoms with van der Waals surface area (Å²) in [7, 11) is 0. The molecule has 7 heteroatoms. The molecule has 152 valence electrons. The summed E-state index contributed by atoms with van der Waals surface area (Å²) in [5, 5.41) is 22.3. The smallest absolute Gasteiger partial charge is 0.340 e. The van der Waals surface area contributed by atoms with E-state index in [4.69, 9.17) is 9.84 Å². The van der Waals surface area contributed by atoms with E-state index in [1.165, 1.54) is 6.20 Å². The number of para-hydroxylation sites is 1. The maximum Gasteiger partial charge on any atom is 0.340 e. The molecule has 0 bridgehead atoms. The first kappa shape index (κ1) is 20.4. The van der Waals surface area contributed by atoms with Crippen LogP contribution in [0.1, 0.15) is 40.5 Å². The van der Waals surface area contributed by atoms with E-state index < -0.39 is 11.9 Å². The van der Waals surface area contributed by atoms with Crippen LogP contribution in [0.25, 0.3) is 16.6 Å². The maximum absolute atomic E-state index is 12.8. The number of aromatic carboxylic acids is 1. The molecule has 0 aliphatic heterocycles. The molecule has 1 heterocycles. The fraction of sp³-hybridized carbons (Fsp3) is 0.273. The number of benzene rings is 2. The molecule has 0 spiro atoms. The normalized spacial score (nSPS) is 10.8. The van der Waals surface area contributed by atoms with Gasteiger partial charge in [-0.1, -0.05) is 18.2 Å². The van der Waals surface area contributed by atoms with Crippen LogP contribution < -0.4 is 5.32 Å². The number of nitrogens with zero attached hydrogens (tertiary/aromatic N) is 1. The number of aliphatic hydroxyl groups is 1. The minimum Gasteiger partial charge on any atom is -0.478 e. The van der Waals surface area contributed by atoms with Crippen LogP contribution in [0.3, 0.4) is 0 Å². The summed E-state index contributed by atoms with van der Waals surface area (Å²) >= 11 is 0. The number of hydrogen-bond donors (Lipinski definition) is 3. The molecule has 0 saturated heterocycles. The van der Waals surface area contributed by atoms with Crippen molar-refractivity contribution in [2.75, 3.05) is 25.1 Å². The average molecular weight is 396 g/mol. The number of rotatable bonds is 9. The highest BCUT2D eigenvalue weighted by Gasteiger charge is 2.25. The van der Waals surface area contributed by atoms with Crippen LogP contribution in [0.2, 0.25) is 0 Å². The van der Waals surface area contributed by atoms with Gasteiger partial charge in [0.05, 0.1) is 23.3 Å². The minimum atomic E-state index is -1.12. The maximum atomic E-state index is 12.8. The van der Waals surface area contributed by atoms with Crippen molar-refractivity contribution in [1.82, 2.24) is 4.57 Å². The summed E-state index contributed by atoms with van der Waals surface area (Å²) in [6, 6.07) is 12.9. The van der Waals surface area contributed by atoms with Crippen molar-refractivity contribution in [2.45, 2.75) is 19.8 Å². The molecule has 29 heavy (non-hydrogen) atoms. The van der Waals surface area contributed by atoms with Crippen molar-refractivity contribution in [2.24, 2.45) is 0 Å². The Morgan fingerprint density at radius 3 is 2.52 bits per heavy atom. The lowest BCUT2D eigenvalue weighted by atomic mass is 10.0. The molecule has 7 nitrogen and oxygen atoms in total. The van der Waals surface area contributed by atoms with Gasteiger partial charge in [0.15, 0.2) is 0 Å². The van der Waals surface area contributed by atoms with Gasteiger partial charge in [0.1, 0.15) is 0 Å². The van der Waals surface area contributed by atoms with E-state index >= 15 is 0 Å². The molecular formula is C22H24N2O5. The van der Waals surface area contributed by atoms with Gasteiger partial charge in [0, 0.05) is 36.1 Å². The van der Waals surface area contributed by atoms with Crippen molar-refractivity contribution in [3.63, 3.8) is 0 Å². The van der Waals surface area contributed by atoms with Crippen molar-refractivity contribution < 1.29 is 24.5 Å². The summed E-state index contributed by atoms with van der Waals surface area (Å²) in [5.41, 5.74) is 2.16. The number of carbonyl (C=O) groups is 2. The fourth-order valence-corrected chi connectivity index (χ4v) is 3.32. The standard InChI is InChI=1S/C22H24N2O5/c1-2-29-22(28)20-17(23-12-6-7-13-25)10-11-18-19(20)16(21(26)27)14-24(18)15-8-4-3-5-9-15/h3-5,8-11,14,23,25H,2,6-7,12-13H2,1H3,(H,26,27). The molecule has 3 N–H and O–H groups in total. The quantitative estimate of drug-likeness (QED) is 0.377. The van der Waals surface area contributed by atoms with Gasteiger partial charge in [-0.15, -0.1) is 0 Å². The molecule has 0 aliphatic carbocycles. The van der Waals surface area contributed by atoms with Crippen LogP contribution in [0, 0.1) is 0 Å². The summed E-state index contributed by atoms with van der Waals surface area (Å²) in [6.45, 7) is 2.52. The summed E-state index contributed by atoms with van der Waals surface area (Å²) in [5.74, 6) is -1.69. The molecule has 3 rings (SSSR count). The van der Waals surface area contributed by atoms with E-state index in [2.05, 4.69) is 5.32 Å². The number of hydrogen-bond acceptors (Lipinski definition) is 5. The molecule has 0 radical (unpaired) electrons. The van der Waals surface area contributed by atoms with E-state index in [9.17, 15) is 14.7 Å². The Kier molecular flexibility index (Phi) is 6.51. The number of carboxylic acid groups (broad SMARTS) is 1. The number of carboxylic acids is 1. The van der Waals surface area contributed by atoms with Crippen LogP contribution in [-0.2, 0) is 4.74 Å². The average Bonchev–Trinajstić information content (AvgIpc) is 3.11. The monoisotopic (exact) mass is 396 g/mol. The van der Waals surface area contributed by atoms with E-state index in [0.29, 0.717) is 36.0 Å². The van der Waals surface area contributed by atoms with Crippen molar-refractivity contribution in [1.29, 1.82) is 0 Å². The van der Waals surface area contributed by atoms with Gasteiger partial charge in [-0.05, 0) is 44.0 Å². The van der Waals surface area contributed by atoms with Crippen molar-refractivity contribution in [3.8, 4) is 5.69 Å². The van der Waals surface area contributed by atoms with Crippen LogP contribution in [0.15, 0.2) is 48.7 Å². The Morgan fingerprint density at radius 1 is 1.10 bits per heavy atom. The van der Waals surface area contributed by atoms with Gasteiger partial charge in [-0.2, -0.15) is 0 Å². The van der Waals surface area contributed by atoms with E-state index in [1.807, 2.05) is 30.3 Å². The predicted octanol–water partition coefficient (Wildman–Crippen LogP) is 3.69. The minimum absolute atomic E-state index is 0.0333. The van der Waals surface area contributed by atoms with Crippen LogP contribution >= 0.6 is 0 Å². The summed E-state index contributed by atoms with van der Waals surface area (Å²) < 4.78 is 6.99. The van der Waals surface area contributed by atoms with Crippen LogP contribution in [-0.4, -0.2) is 46.5 Å². The molecule has 0 amide bonds. The molecule has 0 saturated carbocycles. The molecular weight excluding hydrogens is 372 g/mol. The van der Waals surface area contributed by atoms with Gasteiger partial charge in [-0.3, -0.25) is 0 Å². The molecule has 3 aromatic rings. The molecule has 0 fully saturated rings. The van der Waals surface area contributed by atoms with Crippen LogP contribution in [0.5, 0.6) is 0 Å². The molecule has 1 aromatic heterocycles. The Balaban J connectivity index is 2.21. The second-order valence-corrected chi connectivity index (χ2v) is 6.51. The first-order chi connectivity index (χ1) is 14.1. The lowest BCUT2D eigenvalue weighted by Gasteiger charge is -2.14. The highest BCUT2D eigenvalue weighted by Crippen LogP contribution is 2.33. The lowest BCUT2D eigenvalue weighted by Crippen LogP contribution is -2.12. The van der Waals surface area contributed by atoms with Crippen molar-refractivity contribution >= 4 is 28.5 Å². The lowest BCUT2D eigenvalue weighted by molar-refractivity contribution is 0.0529. The van der Waals surface area contributed by atoms with Crippen molar-refractivity contribution in [3.05, 3.63) is 59.8 Å². The number of carbonyl (C=O) groups excluding carboxylic acids is 1. The van der Waals surface area contributed by atoms with Gasteiger partial charge >= 0.3 is 11.9 Å². The number of nitrogens with one attached hydrogen (secondary N) is 1. The zero-order valence-electron chi connectivity index (χ0n) is 16.2. The SMILES string of the molecule is CCOC(=O)c1c(NCCCCO)ccc2c1c(C(=O)O)cn2-c1ccccc1. The zero-order chi connectivity index (χ0) is 20.8. The molecule has 2 aromatic carbocycles. The van der Waals surface area contributed by atoms with Gasteiger partial charge in [-0.25, -0.2) is 9.59 Å². The Morgan fingerprint density at radius 2 is 1.86 bits per heavy atom. The summed E-state index contributed by atoms with van der Waals surface area (Å²) in [4.78, 5) is 24.8. The second-order valence-electron chi connectivity index (χ2n) is 6.51. The van der Waals surface area contributed by atoms with E-state index in [0.717, 1.165) is 5.69 Å². The summed E-state index contributed by atoms with van der Waals surface area (Å²) in [6.07, 6.45) is 2.88. The van der Waals surface area contributed by atoms with Crippen LogP contribution in [0.4, 0.5) is 5.69 Å². The number of anilines is 1. The number of ether oxygens (including phenoxy) is 1. The Bertz CT molecular complexity index is 1010. The molecule has 0 atom stereocenters.